The fourth-order valence-corrected chi connectivity index (χ4v) is 9.63. The van der Waals surface area contributed by atoms with E-state index in [-0.39, 0.29) is 11.8 Å². The van der Waals surface area contributed by atoms with Gasteiger partial charge in [0.1, 0.15) is 0 Å². The van der Waals surface area contributed by atoms with Crippen LogP contribution < -0.4 is 0 Å². The highest BCUT2D eigenvalue weighted by molar-refractivity contribution is 5.80. The van der Waals surface area contributed by atoms with Gasteiger partial charge in [-0.15, -0.1) is 0 Å². The van der Waals surface area contributed by atoms with Gasteiger partial charge in [0.05, 0.1) is 0 Å². The van der Waals surface area contributed by atoms with Crippen molar-refractivity contribution in [2.75, 3.05) is 0 Å². The molecule has 0 aromatic heterocycles. The van der Waals surface area contributed by atoms with Gasteiger partial charge < -0.3 is 0 Å². The Labute approximate surface area is 311 Å². The van der Waals surface area contributed by atoms with Crippen molar-refractivity contribution in [1.82, 2.24) is 0 Å². The third kappa shape index (κ3) is 6.01. The van der Waals surface area contributed by atoms with Gasteiger partial charge in [-0.1, -0.05) is 188 Å². The average Bonchev–Trinajstić information content (AvgIpc) is 3.49. The standard InChI is InChI=1S/C52H48/c1-5-17-44-35(4)45-25-16-27-47-49(33-32-48(44)52(45)47)51(38-20-12-9-13-21-38)40-30-28-39(29-31-40)50(37-18-10-8-11-19-37)46-26-15-22-36(6-2)43(7-3)41-23-14-24-42(46)34-41/h5-25,27-28,30,32-34,46,48,50-52H,2-3,26,29,31H2,1,4H3/b17-5-,22-15+,43-36-. The summed E-state index contributed by atoms with van der Waals surface area (Å²) in [4.78, 5) is 0. The van der Waals surface area contributed by atoms with Gasteiger partial charge in [-0.3, -0.25) is 0 Å². The second kappa shape index (κ2) is 14.6. The van der Waals surface area contributed by atoms with Crippen LogP contribution in [0.4, 0.5) is 0 Å². The number of hydrogen-bond donors (Lipinski definition) is 0. The smallest absolute Gasteiger partial charge is 0.0304 e. The lowest BCUT2D eigenvalue weighted by atomic mass is 9.68. The van der Waals surface area contributed by atoms with Crippen LogP contribution >= 0.6 is 0 Å². The van der Waals surface area contributed by atoms with Crippen molar-refractivity contribution in [3.8, 4) is 0 Å². The number of benzene rings is 3. The Hall–Kier alpha value is -5.46. The fraction of sp³-hybridized carbons (Fsp3) is 0.192. The summed E-state index contributed by atoms with van der Waals surface area (Å²) in [5.74, 6) is 1.56. The van der Waals surface area contributed by atoms with Gasteiger partial charge >= 0.3 is 0 Å². The topological polar surface area (TPSA) is 0 Å². The highest BCUT2D eigenvalue weighted by Crippen LogP contribution is 2.54. The van der Waals surface area contributed by atoms with E-state index in [4.69, 9.17) is 0 Å². The van der Waals surface area contributed by atoms with E-state index in [1.165, 1.54) is 61.3 Å². The maximum atomic E-state index is 4.16. The molecule has 256 valence electrons. The predicted molar refractivity (Wildman–Crippen MR) is 222 cm³/mol. The normalized spacial score (nSPS) is 25.3. The maximum absolute atomic E-state index is 4.16. The van der Waals surface area contributed by atoms with Crippen LogP contribution in [-0.2, 0) is 0 Å². The molecule has 5 aliphatic carbocycles. The number of allylic oxidation sites excluding steroid dienone is 22. The molecule has 0 saturated heterocycles. The summed E-state index contributed by atoms with van der Waals surface area (Å²) in [5.41, 5.74) is 17.9. The highest BCUT2D eigenvalue weighted by Gasteiger charge is 2.41. The molecule has 0 nitrogen and oxygen atoms in total. The zero-order valence-electron chi connectivity index (χ0n) is 30.5. The Balaban J connectivity index is 1.21. The quantitative estimate of drug-likeness (QED) is 0.212. The molecule has 0 aliphatic heterocycles. The third-order valence-corrected chi connectivity index (χ3v) is 12.0. The molecule has 8 rings (SSSR count). The molecule has 0 fully saturated rings. The molecular formula is C52H48. The van der Waals surface area contributed by atoms with E-state index in [0.717, 1.165) is 30.4 Å². The van der Waals surface area contributed by atoms with Crippen LogP contribution in [0.15, 0.2) is 222 Å². The van der Waals surface area contributed by atoms with E-state index in [1.807, 2.05) is 12.2 Å². The third-order valence-electron chi connectivity index (χ3n) is 12.0. The van der Waals surface area contributed by atoms with Crippen molar-refractivity contribution in [1.29, 1.82) is 0 Å². The molecule has 0 amide bonds. The molecule has 0 spiro atoms. The summed E-state index contributed by atoms with van der Waals surface area (Å²) < 4.78 is 0. The van der Waals surface area contributed by atoms with Gasteiger partial charge in [-0.05, 0) is 100 Å². The first kappa shape index (κ1) is 33.7. The van der Waals surface area contributed by atoms with E-state index in [1.54, 1.807) is 0 Å². The van der Waals surface area contributed by atoms with Crippen LogP contribution in [0.5, 0.6) is 0 Å². The largest absolute Gasteiger partial charge is 0.0984 e. The van der Waals surface area contributed by atoms with Crippen molar-refractivity contribution in [3.05, 3.63) is 244 Å². The molecule has 0 radical (unpaired) electrons. The van der Waals surface area contributed by atoms with Crippen molar-refractivity contribution < 1.29 is 0 Å². The van der Waals surface area contributed by atoms with Crippen LogP contribution in [-0.4, -0.2) is 0 Å². The van der Waals surface area contributed by atoms with E-state index >= 15 is 0 Å². The molecule has 0 N–H and O–H groups in total. The Kier molecular flexibility index (Phi) is 9.48. The summed E-state index contributed by atoms with van der Waals surface area (Å²) in [6.45, 7) is 12.7. The first-order valence-electron chi connectivity index (χ1n) is 19.0. The molecule has 2 bridgehead atoms. The summed E-state index contributed by atoms with van der Waals surface area (Å²) in [6, 6.07) is 31.5. The van der Waals surface area contributed by atoms with Crippen molar-refractivity contribution in [2.24, 2.45) is 11.8 Å². The minimum absolute atomic E-state index is 0.210. The number of hydrogen-bond acceptors (Lipinski definition) is 0. The van der Waals surface area contributed by atoms with Crippen molar-refractivity contribution in [3.63, 3.8) is 0 Å². The van der Waals surface area contributed by atoms with Gasteiger partial charge in [0, 0.05) is 23.7 Å². The van der Waals surface area contributed by atoms with Gasteiger partial charge in [0.25, 0.3) is 0 Å². The predicted octanol–water partition coefficient (Wildman–Crippen LogP) is 13.6. The van der Waals surface area contributed by atoms with Crippen LogP contribution in [0.3, 0.4) is 0 Å². The van der Waals surface area contributed by atoms with Crippen LogP contribution in [0, 0.1) is 11.8 Å². The molecule has 0 heterocycles. The van der Waals surface area contributed by atoms with Gasteiger partial charge in [-0.25, -0.2) is 0 Å². The monoisotopic (exact) mass is 672 g/mol. The molecule has 5 aliphatic rings. The average molecular weight is 673 g/mol. The molecule has 5 atom stereocenters. The summed E-state index contributed by atoms with van der Waals surface area (Å²) in [5, 5.41) is 0. The van der Waals surface area contributed by atoms with E-state index in [9.17, 15) is 0 Å². The zero-order chi connectivity index (χ0) is 35.6. The molecule has 0 heteroatoms. The van der Waals surface area contributed by atoms with Crippen LogP contribution in [0.2, 0.25) is 0 Å². The fourth-order valence-electron chi connectivity index (χ4n) is 9.63. The lowest BCUT2D eigenvalue weighted by Gasteiger charge is -2.36. The van der Waals surface area contributed by atoms with E-state index in [2.05, 4.69) is 179 Å². The van der Waals surface area contributed by atoms with Gasteiger partial charge in [0.2, 0.25) is 0 Å². The molecule has 5 unspecified atom stereocenters. The molecule has 3 aromatic rings. The summed E-state index contributed by atoms with van der Waals surface area (Å²) in [7, 11) is 0. The SMILES string of the molecule is C=CC1=C(\C=C)c2cccc(c2)C(C(C2=CC=C(C(C3=C4C=CC=C5C(C)=C(/C=C\C)C(C=C3)C54)c3ccccc3)CC2)c2ccccc2)C\C=C\1. The maximum Gasteiger partial charge on any atom is 0.0304 e. The Morgan fingerprint density at radius 3 is 2.23 bits per heavy atom. The second-order valence-corrected chi connectivity index (χ2v) is 14.7. The first-order chi connectivity index (χ1) is 25.6. The summed E-state index contributed by atoms with van der Waals surface area (Å²) in [6.07, 6.45) is 33.0. The Morgan fingerprint density at radius 1 is 0.769 bits per heavy atom. The van der Waals surface area contributed by atoms with E-state index < -0.39 is 0 Å². The Bertz CT molecular complexity index is 2210. The van der Waals surface area contributed by atoms with E-state index in [0.29, 0.717) is 17.8 Å². The van der Waals surface area contributed by atoms with Crippen LogP contribution in [0.25, 0.3) is 5.57 Å². The number of rotatable bonds is 9. The lowest BCUT2D eigenvalue weighted by molar-refractivity contribution is 0.576. The zero-order valence-corrected chi connectivity index (χ0v) is 30.5. The Morgan fingerprint density at radius 2 is 1.52 bits per heavy atom. The van der Waals surface area contributed by atoms with Crippen molar-refractivity contribution in [2.45, 2.75) is 50.9 Å². The van der Waals surface area contributed by atoms with Gasteiger partial charge in [0.15, 0.2) is 0 Å². The minimum atomic E-state index is 0.210. The summed E-state index contributed by atoms with van der Waals surface area (Å²) >= 11 is 0. The highest BCUT2D eigenvalue weighted by atomic mass is 14.4. The molecule has 0 saturated carbocycles. The molecule has 3 aromatic carbocycles. The second-order valence-electron chi connectivity index (χ2n) is 14.7. The van der Waals surface area contributed by atoms with Crippen molar-refractivity contribution >= 4 is 5.57 Å². The van der Waals surface area contributed by atoms with Crippen LogP contribution in [0.1, 0.15) is 73.1 Å². The molecule has 52 heavy (non-hydrogen) atoms. The number of fused-ring (bicyclic) bond motifs is 2. The molecular weight excluding hydrogens is 625 g/mol. The lowest BCUT2D eigenvalue weighted by Crippen LogP contribution is -2.22. The minimum Gasteiger partial charge on any atom is -0.0984 e. The van der Waals surface area contributed by atoms with Gasteiger partial charge in [-0.2, -0.15) is 0 Å². The first-order valence-corrected chi connectivity index (χ1v) is 19.0.